The Labute approximate surface area is 181 Å². The summed E-state index contributed by atoms with van der Waals surface area (Å²) >= 11 is 0. The molecular weight excluding hydrogens is 434 g/mol. The first-order chi connectivity index (χ1) is 15.0. The van der Waals surface area contributed by atoms with Crippen molar-refractivity contribution in [2.24, 2.45) is 5.73 Å². The maximum Gasteiger partial charge on any atom is 0.303 e. The smallest absolute Gasteiger partial charge is 0.303 e. The number of hydrogen-bond acceptors (Lipinski definition) is 12. The minimum Gasteiger partial charge on any atom is -0.463 e. The van der Waals surface area contributed by atoms with Crippen LogP contribution in [0.1, 0.15) is 38.2 Å². The minimum absolute atomic E-state index is 0.210. The largest absolute Gasteiger partial charge is 0.463 e. The van der Waals surface area contributed by atoms with Gasteiger partial charge in [-0.3, -0.25) is 24.0 Å². The summed E-state index contributed by atoms with van der Waals surface area (Å²) in [5.41, 5.74) is 5.05. The van der Waals surface area contributed by atoms with Gasteiger partial charge < -0.3 is 39.1 Å². The van der Waals surface area contributed by atoms with E-state index in [0.29, 0.717) is 0 Å². The standard InChI is InChI=1S/C18H23N3O11/c1-7(22)27-5-11-13(28-8(2)23)14(29-9(3)24)15(30-10(4)25)18(31-11)32-17-12(16(19)26)20-6-21-17/h6,11,13-15,18H,5H2,1-4H3,(H2,19,26)(H,20,21)/t11-,13-,14+,15+,18-/m1/s1. The van der Waals surface area contributed by atoms with Crippen LogP contribution < -0.4 is 10.5 Å². The predicted molar refractivity (Wildman–Crippen MR) is 99.7 cm³/mol. The number of aromatic nitrogens is 2. The van der Waals surface area contributed by atoms with Gasteiger partial charge in [-0.25, -0.2) is 4.98 Å². The Bertz CT molecular complexity index is 883. The number of amides is 1. The normalized spacial score (nSPS) is 24.7. The van der Waals surface area contributed by atoms with E-state index in [1.54, 1.807) is 0 Å². The van der Waals surface area contributed by atoms with E-state index in [1.807, 2.05) is 0 Å². The van der Waals surface area contributed by atoms with Crippen molar-refractivity contribution >= 4 is 29.8 Å². The van der Waals surface area contributed by atoms with Crippen LogP contribution in [0.5, 0.6) is 5.88 Å². The third-order valence-corrected chi connectivity index (χ3v) is 4.03. The van der Waals surface area contributed by atoms with Gasteiger partial charge >= 0.3 is 23.9 Å². The summed E-state index contributed by atoms with van der Waals surface area (Å²) in [7, 11) is 0. The van der Waals surface area contributed by atoms with Crippen LogP contribution in [0.2, 0.25) is 0 Å². The molecule has 5 atom stereocenters. The molecule has 14 nitrogen and oxygen atoms in total. The van der Waals surface area contributed by atoms with E-state index in [-0.39, 0.29) is 11.6 Å². The summed E-state index contributed by atoms with van der Waals surface area (Å²) in [6.45, 7) is 3.98. The number of primary amides is 1. The van der Waals surface area contributed by atoms with Crippen LogP contribution in [0.4, 0.5) is 0 Å². The number of ether oxygens (including phenoxy) is 6. The Kier molecular flexibility index (Phi) is 8.12. The van der Waals surface area contributed by atoms with Gasteiger partial charge in [-0.2, -0.15) is 0 Å². The molecule has 0 aromatic carbocycles. The average molecular weight is 457 g/mol. The van der Waals surface area contributed by atoms with Crippen molar-refractivity contribution in [3.8, 4) is 5.88 Å². The summed E-state index contributed by atoms with van der Waals surface area (Å²) in [5.74, 6) is -4.23. The molecule has 0 radical (unpaired) electrons. The highest BCUT2D eigenvalue weighted by Crippen LogP contribution is 2.31. The molecule has 2 rings (SSSR count). The fourth-order valence-electron chi connectivity index (χ4n) is 2.94. The van der Waals surface area contributed by atoms with Crippen LogP contribution in [0.3, 0.4) is 0 Å². The maximum atomic E-state index is 11.8. The van der Waals surface area contributed by atoms with Crippen molar-refractivity contribution in [3.63, 3.8) is 0 Å². The van der Waals surface area contributed by atoms with Crippen molar-refractivity contribution in [2.75, 3.05) is 6.61 Å². The molecule has 1 saturated heterocycles. The number of nitrogens with one attached hydrogen (secondary N) is 1. The fourth-order valence-corrected chi connectivity index (χ4v) is 2.94. The van der Waals surface area contributed by atoms with Gasteiger partial charge in [-0.15, -0.1) is 0 Å². The van der Waals surface area contributed by atoms with Crippen LogP contribution >= 0.6 is 0 Å². The highest BCUT2D eigenvalue weighted by atomic mass is 16.7. The number of imidazole rings is 1. The molecule has 1 aliphatic rings. The Morgan fingerprint density at radius 2 is 1.50 bits per heavy atom. The molecule has 0 aliphatic carbocycles. The second-order valence-electron chi connectivity index (χ2n) is 6.63. The van der Waals surface area contributed by atoms with Gasteiger partial charge in [0.15, 0.2) is 17.9 Å². The third-order valence-electron chi connectivity index (χ3n) is 4.03. The number of nitrogens with zero attached hydrogens (tertiary/aromatic N) is 1. The monoisotopic (exact) mass is 457 g/mol. The molecular formula is C18H23N3O11. The summed E-state index contributed by atoms with van der Waals surface area (Å²) in [5, 5.41) is 0. The lowest BCUT2D eigenvalue weighted by atomic mass is 9.98. The van der Waals surface area contributed by atoms with E-state index in [4.69, 9.17) is 34.2 Å². The number of H-pyrrole nitrogens is 1. The molecule has 2 heterocycles. The highest BCUT2D eigenvalue weighted by molar-refractivity contribution is 5.93. The van der Waals surface area contributed by atoms with Gasteiger partial charge in [0.05, 0.1) is 6.33 Å². The van der Waals surface area contributed by atoms with Crippen molar-refractivity contribution < 1.29 is 52.4 Å². The van der Waals surface area contributed by atoms with Crippen molar-refractivity contribution in [1.82, 2.24) is 9.97 Å². The molecule has 0 spiro atoms. The molecule has 1 aromatic rings. The zero-order valence-corrected chi connectivity index (χ0v) is 17.7. The van der Waals surface area contributed by atoms with E-state index < -0.39 is 67.1 Å². The Morgan fingerprint density at radius 1 is 0.938 bits per heavy atom. The fraction of sp³-hybridized carbons (Fsp3) is 0.556. The number of aromatic amines is 1. The molecule has 0 saturated carbocycles. The van der Waals surface area contributed by atoms with Crippen LogP contribution in [-0.4, -0.2) is 77.1 Å². The van der Waals surface area contributed by atoms with Crippen LogP contribution in [0, 0.1) is 0 Å². The molecule has 0 bridgehead atoms. The minimum atomic E-state index is -1.53. The van der Waals surface area contributed by atoms with E-state index in [2.05, 4.69) is 9.97 Å². The number of carbonyl (C=O) groups excluding carboxylic acids is 5. The zero-order chi connectivity index (χ0) is 24.0. The molecule has 3 N–H and O–H groups in total. The number of nitrogens with two attached hydrogens (primary N) is 1. The lowest BCUT2D eigenvalue weighted by Crippen LogP contribution is -2.63. The Balaban J connectivity index is 2.48. The molecule has 1 fully saturated rings. The summed E-state index contributed by atoms with van der Waals surface area (Å²) in [6, 6.07) is 0. The van der Waals surface area contributed by atoms with Gasteiger partial charge in [0.1, 0.15) is 12.7 Å². The third kappa shape index (κ3) is 6.41. The summed E-state index contributed by atoms with van der Waals surface area (Å²) in [6.07, 6.45) is -5.84. The first kappa shape index (κ1) is 24.6. The predicted octanol–water partition coefficient (Wildman–Crippen LogP) is -1.03. The first-order valence-corrected chi connectivity index (χ1v) is 9.29. The van der Waals surface area contributed by atoms with Gasteiger partial charge in [0.2, 0.25) is 18.3 Å². The number of esters is 4. The molecule has 176 valence electrons. The lowest BCUT2D eigenvalue weighted by molar-refractivity contribution is -0.289. The molecule has 1 amide bonds. The first-order valence-electron chi connectivity index (χ1n) is 9.29. The number of hydrogen-bond donors (Lipinski definition) is 2. The lowest BCUT2D eigenvalue weighted by Gasteiger charge is -2.43. The Morgan fingerprint density at radius 3 is 2.03 bits per heavy atom. The van der Waals surface area contributed by atoms with Crippen molar-refractivity contribution in [2.45, 2.75) is 58.4 Å². The molecule has 14 heteroatoms. The molecule has 1 aliphatic heterocycles. The van der Waals surface area contributed by atoms with Crippen molar-refractivity contribution in [3.05, 3.63) is 12.0 Å². The second kappa shape index (κ2) is 10.6. The Hall–Kier alpha value is -3.68. The van der Waals surface area contributed by atoms with Crippen molar-refractivity contribution in [1.29, 1.82) is 0 Å². The van der Waals surface area contributed by atoms with E-state index in [0.717, 1.165) is 34.0 Å². The van der Waals surface area contributed by atoms with Gasteiger partial charge in [-0.1, -0.05) is 0 Å². The highest BCUT2D eigenvalue weighted by Gasteiger charge is 2.53. The molecule has 32 heavy (non-hydrogen) atoms. The summed E-state index contributed by atoms with van der Waals surface area (Å²) in [4.78, 5) is 64.4. The second-order valence-corrected chi connectivity index (χ2v) is 6.63. The van der Waals surface area contributed by atoms with Crippen LogP contribution in [0.25, 0.3) is 0 Å². The van der Waals surface area contributed by atoms with E-state index in [9.17, 15) is 24.0 Å². The SMILES string of the molecule is CC(=O)OC[C@H]1O[C@H](Oc2nc[nH]c2C(N)=O)[C@@H](OC(C)=O)[C@@H](OC(C)=O)[C@@H]1OC(C)=O. The zero-order valence-electron chi connectivity index (χ0n) is 17.7. The average Bonchev–Trinajstić information content (AvgIpc) is 3.12. The number of rotatable bonds is 8. The van der Waals surface area contributed by atoms with Gasteiger partial charge in [-0.05, 0) is 0 Å². The summed E-state index contributed by atoms with van der Waals surface area (Å²) < 4.78 is 32.0. The van der Waals surface area contributed by atoms with E-state index in [1.165, 1.54) is 0 Å². The maximum absolute atomic E-state index is 11.8. The van der Waals surface area contributed by atoms with Gasteiger partial charge in [0.25, 0.3) is 5.91 Å². The topological polar surface area (TPSA) is 195 Å². The molecule has 0 unspecified atom stereocenters. The van der Waals surface area contributed by atoms with E-state index >= 15 is 0 Å². The quantitative estimate of drug-likeness (QED) is 0.356. The van der Waals surface area contributed by atoms with Gasteiger partial charge in [0, 0.05) is 27.7 Å². The number of carbonyl (C=O) groups is 5. The van der Waals surface area contributed by atoms with Crippen LogP contribution in [-0.2, 0) is 42.9 Å². The molecule has 1 aromatic heterocycles. The van der Waals surface area contributed by atoms with Crippen LogP contribution in [0.15, 0.2) is 6.33 Å².